The summed E-state index contributed by atoms with van der Waals surface area (Å²) in [6.45, 7) is 7.17. The van der Waals surface area contributed by atoms with Crippen molar-refractivity contribution in [2.75, 3.05) is 20.1 Å². The molecule has 6 heteroatoms. The normalized spacial score (nSPS) is 19.6. The van der Waals surface area contributed by atoms with Crippen LogP contribution >= 0.6 is 24.0 Å². The van der Waals surface area contributed by atoms with Crippen LogP contribution in [0.2, 0.25) is 0 Å². The Morgan fingerprint density at radius 2 is 2.40 bits per heavy atom. The van der Waals surface area contributed by atoms with Gasteiger partial charge >= 0.3 is 0 Å². The molecule has 0 radical (unpaired) electrons. The van der Waals surface area contributed by atoms with Crippen LogP contribution in [0.3, 0.4) is 0 Å². The number of aliphatic imine (C=N–C) groups is 1. The van der Waals surface area contributed by atoms with Crippen molar-refractivity contribution in [1.82, 2.24) is 15.4 Å². The minimum absolute atomic E-state index is 0. The van der Waals surface area contributed by atoms with Crippen LogP contribution in [0.4, 0.5) is 0 Å². The molecule has 0 aromatic carbocycles. The zero-order valence-electron chi connectivity index (χ0n) is 12.6. The Kier molecular flexibility index (Phi) is 7.32. The van der Waals surface area contributed by atoms with E-state index in [0.29, 0.717) is 6.54 Å². The summed E-state index contributed by atoms with van der Waals surface area (Å²) in [6, 6.07) is 2.00. The van der Waals surface area contributed by atoms with Gasteiger partial charge in [0.2, 0.25) is 0 Å². The molecule has 1 unspecified atom stereocenters. The standard InChI is InChI=1S/C14H24N4O.HI/c1-4-12-8-13(19-17-12)9-16-14(15-3)18-7-5-6-11(2)10-18;/h8,11H,4-7,9-10H2,1-3H3,(H,15,16);1H. The van der Waals surface area contributed by atoms with E-state index in [-0.39, 0.29) is 24.0 Å². The minimum Gasteiger partial charge on any atom is -0.359 e. The summed E-state index contributed by atoms with van der Waals surface area (Å²) in [6.07, 6.45) is 3.46. The van der Waals surface area contributed by atoms with Crippen molar-refractivity contribution in [1.29, 1.82) is 0 Å². The van der Waals surface area contributed by atoms with Crippen molar-refractivity contribution < 1.29 is 4.52 Å². The Bertz CT molecular complexity index is 433. The molecular weight excluding hydrogens is 367 g/mol. The third kappa shape index (κ3) is 4.64. The van der Waals surface area contributed by atoms with Gasteiger partial charge in [0.25, 0.3) is 0 Å². The van der Waals surface area contributed by atoms with Gasteiger partial charge in [-0.15, -0.1) is 24.0 Å². The summed E-state index contributed by atoms with van der Waals surface area (Å²) in [5, 5.41) is 7.35. The summed E-state index contributed by atoms with van der Waals surface area (Å²) in [4.78, 5) is 6.68. The lowest BCUT2D eigenvalue weighted by Gasteiger charge is -2.33. The van der Waals surface area contributed by atoms with Crippen molar-refractivity contribution in [2.24, 2.45) is 10.9 Å². The van der Waals surface area contributed by atoms with Gasteiger partial charge in [0.1, 0.15) is 0 Å². The number of guanidine groups is 1. The highest BCUT2D eigenvalue weighted by atomic mass is 127. The molecule has 2 heterocycles. The second kappa shape index (κ2) is 8.49. The van der Waals surface area contributed by atoms with Gasteiger partial charge in [-0.25, -0.2) is 0 Å². The van der Waals surface area contributed by atoms with Crippen LogP contribution < -0.4 is 5.32 Å². The molecule has 1 atom stereocenters. The van der Waals surface area contributed by atoms with Crippen molar-refractivity contribution >= 4 is 29.9 Å². The molecule has 1 aliphatic rings. The molecule has 0 saturated carbocycles. The average molecular weight is 392 g/mol. The van der Waals surface area contributed by atoms with Crippen molar-refractivity contribution in [2.45, 2.75) is 39.7 Å². The van der Waals surface area contributed by atoms with Gasteiger partial charge in [0.15, 0.2) is 11.7 Å². The molecule has 5 nitrogen and oxygen atoms in total. The van der Waals surface area contributed by atoms with E-state index in [4.69, 9.17) is 4.52 Å². The van der Waals surface area contributed by atoms with E-state index < -0.39 is 0 Å². The molecule has 1 N–H and O–H groups in total. The number of hydrogen-bond acceptors (Lipinski definition) is 3. The number of piperidine rings is 1. The average Bonchev–Trinajstić information content (AvgIpc) is 2.87. The number of aromatic nitrogens is 1. The monoisotopic (exact) mass is 392 g/mol. The fraction of sp³-hybridized carbons (Fsp3) is 0.714. The highest BCUT2D eigenvalue weighted by Crippen LogP contribution is 2.15. The number of nitrogens with one attached hydrogen (secondary N) is 1. The van der Waals surface area contributed by atoms with Gasteiger partial charge in [-0.1, -0.05) is 19.0 Å². The minimum atomic E-state index is 0. The third-order valence-electron chi connectivity index (χ3n) is 3.56. The molecule has 1 aliphatic heterocycles. The first-order valence-corrected chi connectivity index (χ1v) is 7.13. The number of nitrogens with zero attached hydrogens (tertiary/aromatic N) is 3. The van der Waals surface area contributed by atoms with E-state index >= 15 is 0 Å². The first-order valence-electron chi connectivity index (χ1n) is 7.13. The Morgan fingerprint density at radius 3 is 3.00 bits per heavy atom. The molecule has 20 heavy (non-hydrogen) atoms. The zero-order chi connectivity index (χ0) is 13.7. The summed E-state index contributed by atoms with van der Waals surface area (Å²) >= 11 is 0. The van der Waals surface area contributed by atoms with Crippen LogP contribution in [0, 0.1) is 5.92 Å². The predicted octanol–water partition coefficient (Wildman–Crippen LogP) is 2.66. The van der Waals surface area contributed by atoms with Gasteiger partial charge in [0.05, 0.1) is 12.2 Å². The summed E-state index contributed by atoms with van der Waals surface area (Å²) in [7, 11) is 1.83. The summed E-state index contributed by atoms with van der Waals surface area (Å²) in [5.74, 6) is 2.56. The van der Waals surface area contributed by atoms with Crippen molar-refractivity contribution in [3.8, 4) is 0 Å². The van der Waals surface area contributed by atoms with Gasteiger partial charge in [0, 0.05) is 26.2 Å². The highest BCUT2D eigenvalue weighted by Gasteiger charge is 2.19. The Hall–Kier alpha value is -0.790. The maximum atomic E-state index is 5.27. The van der Waals surface area contributed by atoms with E-state index in [0.717, 1.165) is 42.8 Å². The van der Waals surface area contributed by atoms with Crippen molar-refractivity contribution in [3.05, 3.63) is 17.5 Å². The van der Waals surface area contributed by atoms with E-state index in [1.54, 1.807) is 0 Å². The van der Waals surface area contributed by atoms with Crippen LogP contribution in [-0.2, 0) is 13.0 Å². The molecule has 0 bridgehead atoms. The summed E-state index contributed by atoms with van der Waals surface area (Å²) in [5.41, 5.74) is 0.999. The first-order chi connectivity index (χ1) is 9.22. The number of rotatable bonds is 3. The lowest BCUT2D eigenvalue weighted by atomic mass is 10.0. The third-order valence-corrected chi connectivity index (χ3v) is 3.56. The van der Waals surface area contributed by atoms with Gasteiger partial charge in [-0.05, 0) is 25.2 Å². The molecule has 1 fully saturated rings. The molecule has 0 amide bonds. The lowest BCUT2D eigenvalue weighted by Crippen LogP contribution is -2.45. The maximum absolute atomic E-state index is 5.27. The number of halogens is 1. The second-order valence-corrected chi connectivity index (χ2v) is 5.23. The molecule has 0 spiro atoms. The largest absolute Gasteiger partial charge is 0.359 e. The highest BCUT2D eigenvalue weighted by molar-refractivity contribution is 14.0. The number of likely N-dealkylation sites (tertiary alicyclic amines) is 1. The van der Waals surface area contributed by atoms with Crippen LogP contribution in [-0.4, -0.2) is 36.2 Å². The molecular formula is C14H25IN4O. The summed E-state index contributed by atoms with van der Waals surface area (Å²) < 4.78 is 5.27. The van der Waals surface area contributed by atoms with E-state index in [1.165, 1.54) is 12.8 Å². The fourth-order valence-corrected chi connectivity index (χ4v) is 2.49. The van der Waals surface area contributed by atoms with Crippen LogP contribution in [0.25, 0.3) is 0 Å². The van der Waals surface area contributed by atoms with Crippen molar-refractivity contribution in [3.63, 3.8) is 0 Å². The van der Waals surface area contributed by atoms with Gasteiger partial charge in [-0.2, -0.15) is 0 Å². The number of hydrogen-bond donors (Lipinski definition) is 1. The Morgan fingerprint density at radius 1 is 1.60 bits per heavy atom. The van der Waals surface area contributed by atoms with Crippen LogP contribution in [0.5, 0.6) is 0 Å². The SMILES string of the molecule is CCc1cc(CNC(=NC)N2CCCC(C)C2)on1.I. The number of aryl methyl sites for hydroxylation is 1. The van der Waals surface area contributed by atoms with E-state index in [9.17, 15) is 0 Å². The van der Waals surface area contributed by atoms with Gasteiger partial charge < -0.3 is 14.7 Å². The van der Waals surface area contributed by atoms with E-state index in [2.05, 4.69) is 34.2 Å². The Labute approximate surface area is 138 Å². The predicted molar refractivity (Wildman–Crippen MR) is 91.5 cm³/mol. The van der Waals surface area contributed by atoms with Crippen LogP contribution in [0.15, 0.2) is 15.6 Å². The molecule has 114 valence electrons. The first kappa shape index (κ1) is 17.3. The lowest BCUT2D eigenvalue weighted by molar-refractivity contribution is 0.264. The fourth-order valence-electron chi connectivity index (χ4n) is 2.49. The quantitative estimate of drug-likeness (QED) is 0.488. The van der Waals surface area contributed by atoms with Gasteiger partial charge in [-0.3, -0.25) is 4.99 Å². The molecule has 1 aromatic heterocycles. The molecule has 1 aromatic rings. The Balaban J connectivity index is 0.00000200. The maximum Gasteiger partial charge on any atom is 0.194 e. The molecule has 1 saturated heterocycles. The smallest absolute Gasteiger partial charge is 0.194 e. The molecule has 2 rings (SSSR count). The van der Waals surface area contributed by atoms with E-state index in [1.807, 2.05) is 13.1 Å². The second-order valence-electron chi connectivity index (χ2n) is 5.23. The topological polar surface area (TPSA) is 53.7 Å². The zero-order valence-corrected chi connectivity index (χ0v) is 14.9. The van der Waals surface area contributed by atoms with Crippen LogP contribution in [0.1, 0.15) is 38.1 Å². The molecule has 0 aliphatic carbocycles.